The van der Waals surface area contributed by atoms with E-state index in [0.29, 0.717) is 18.6 Å². The fraction of sp³-hybridized carbons (Fsp3) is 0.611. The predicted octanol–water partition coefficient (Wildman–Crippen LogP) is 1.15. The van der Waals surface area contributed by atoms with E-state index in [2.05, 4.69) is 10.6 Å². The van der Waals surface area contributed by atoms with Gasteiger partial charge in [0.2, 0.25) is 5.91 Å². The van der Waals surface area contributed by atoms with E-state index in [4.69, 9.17) is 4.74 Å². The third kappa shape index (κ3) is 3.45. The Morgan fingerprint density at radius 3 is 2.88 bits per heavy atom. The molecule has 1 aromatic carbocycles. The molecule has 0 bridgehead atoms. The van der Waals surface area contributed by atoms with Crippen LogP contribution in [0.4, 0.5) is 4.39 Å². The van der Waals surface area contributed by atoms with Crippen LogP contribution in [0.25, 0.3) is 0 Å². The molecule has 1 aromatic rings. The molecule has 2 atom stereocenters. The summed E-state index contributed by atoms with van der Waals surface area (Å²) in [7, 11) is 0. The molecule has 2 heterocycles. The first kappa shape index (κ1) is 17.3. The van der Waals surface area contributed by atoms with Crippen molar-refractivity contribution in [1.82, 2.24) is 10.6 Å². The van der Waals surface area contributed by atoms with Crippen molar-refractivity contribution < 1.29 is 19.0 Å². The summed E-state index contributed by atoms with van der Waals surface area (Å²) in [6, 6.07) is 6.02. The summed E-state index contributed by atoms with van der Waals surface area (Å²) in [5, 5.41) is 17.2. The van der Waals surface area contributed by atoms with Crippen LogP contribution in [0.1, 0.15) is 31.7 Å². The summed E-state index contributed by atoms with van der Waals surface area (Å²) in [4.78, 5) is 12.4. The summed E-state index contributed by atoms with van der Waals surface area (Å²) in [5.41, 5.74) is -0.709. The van der Waals surface area contributed by atoms with Crippen molar-refractivity contribution in [1.29, 1.82) is 0 Å². The quantitative estimate of drug-likeness (QED) is 0.774. The number of carbonyl (C=O) groups excluding carboxylic acids is 1. The molecule has 5 nitrogen and oxygen atoms in total. The maximum absolute atomic E-state index is 13.3. The maximum Gasteiger partial charge on any atom is 0.224 e. The third-order valence-electron chi connectivity index (χ3n) is 5.24. The van der Waals surface area contributed by atoms with Crippen LogP contribution in [-0.4, -0.2) is 48.0 Å². The highest BCUT2D eigenvalue weighted by molar-refractivity contribution is 5.79. The number of hydrogen-bond acceptors (Lipinski definition) is 4. The number of halogens is 1. The smallest absolute Gasteiger partial charge is 0.224 e. The summed E-state index contributed by atoms with van der Waals surface area (Å²) >= 11 is 0. The zero-order valence-corrected chi connectivity index (χ0v) is 14.0. The lowest BCUT2D eigenvalue weighted by atomic mass is 9.73. The van der Waals surface area contributed by atoms with Gasteiger partial charge in [-0.25, -0.2) is 4.39 Å². The Balaban J connectivity index is 1.69. The lowest BCUT2D eigenvalue weighted by Crippen LogP contribution is -2.69. The first-order valence-corrected chi connectivity index (χ1v) is 8.52. The summed E-state index contributed by atoms with van der Waals surface area (Å²) in [5.74, 6) is -0.570. The van der Waals surface area contributed by atoms with Crippen molar-refractivity contribution in [3.05, 3.63) is 35.6 Å². The van der Waals surface area contributed by atoms with Crippen molar-refractivity contribution in [2.45, 2.75) is 49.9 Å². The Hall–Kier alpha value is -1.50. The molecule has 3 N–H and O–H groups in total. The van der Waals surface area contributed by atoms with Crippen LogP contribution < -0.4 is 10.6 Å². The second-order valence-corrected chi connectivity index (χ2v) is 7.09. The van der Waals surface area contributed by atoms with E-state index in [1.165, 1.54) is 12.1 Å². The molecule has 24 heavy (non-hydrogen) atoms. The van der Waals surface area contributed by atoms with Crippen LogP contribution in [0.5, 0.6) is 0 Å². The van der Waals surface area contributed by atoms with E-state index in [-0.39, 0.29) is 18.1 Å². The minimum atomic E-state index is -0.766. The van der Waals surface area contributed by atoms with Gasteiger partial charge in [0.25, 0.3) is 0 Å². The van der Waals surface area contributed by atoms with Crippen LogP contribution in [0.3, 0.4) is 0 Å². The van der Waals surface area contributed by atoms with Crippen LogP contribution in [0.2, 0.25) is 0 Å². The topological polar surface area (TPSA) is 70.6 Å². The number of benzene rings is 1. The van der Waals surface area contributed by atoms with Crippen molar-refractivity contribution in [3.8, 4) is 0 Å². The van der Waals surface area contributed by atoms with Crippen molar-refractivity contribution >= 4 is 5.91 Å². The molecule has 1 spiro atoms. The number of piperidine rings is 1. The van der Waals surface area contributed by atoms with Crippen molar-refractivity contribution in [3.63, 3.8) is 0 Å². The lowest BCUT2D eigenvalue weighted by molar-refractivity contribution is -0.200. The Labute approximate surface area is 141 Å². The van der Waals surface area contributed by atoms with Gasteiger partial charge in [0.1, 0.15) is 11.9 Å². The summed E-state index contributed by atoms with van der Waals surface area (Å²) < 4.78 is 19.2. The highest BCUT2D eigenvalue weighted by atomic mass is 19.1. The van der Waals surface area contributed by atoms with Gasteiger partial charge in [-0.05, 0) is 57.0 Å². The average molecular weight is 336 g/mol. The summed E-state index contributed by atoms with van der Waals surface area (Å²) in [6.45, 7) is 3.97. The molecule has 6 heteroatoms. The number of aliphatic hydroxyl groups excluding tert-OH is 1. The Morgan fingerprint density at radius 2 is 2.17 bits per heavy atom. The average Bonchev–Trinajstić information content (AvgIpc) is 2.53. The van der Waals surface area contributed by atoms with Gasteiger partial charge in [-0.15, -0.1) is 0 Å². The van der Waals surface area contributed by atoms with Gasteiger partial charge in [0.15, 0.2) is 0 Å². The molecule has 0 saturated carbocycles. The molecule has 2 aliphatic rings. The first-order chi connectivity index (χ1) is 11.4. The SMILES string of the molecule is C[C@@]1(NC(=O)Cc2cccc(F)c2)CCOC2(CCNCC2)[C@H]1O. The number of nitrogens with one attached hydrogen (secondary N) is 2. The highest BCUT2D eigenvalue weighted by Crippen LogP contribution is 2.38. The number of ether oxygens (including phenoxy) is 1. The minimum Gasteiger partial charge on any atom is -0.388 e. The molecule has 0 aliphatic carbocycles. The number of carbonyl (C=O) groups is 1. The molecule has 2 saturated heterocycles. The minimum absolute atomic E-state index is 0.0927. The molecule has 3 rings (SSSR count). The zero-order chi connectivity index (χ0) is 17.2. The van der Waals surface area contributed by atoms with Crippen LogP contribution in [0.15, 0.2) is 24.3 Å². The molecule has 0 radical (unpaired) electrons. The van der Waals surface area contributed by atoms with Crippen LogP contribution >= 0.6 is 0 Å². The van der Waals surface area contributed by atoms with Crippen LogP contribution in [-0.2, 0) is 16.0 Å². The van der Waals surface area contributed by atoms with Gasteiger partial charge in [0.05, 0.1) is 17.6 Å². The lowest BCUT2D eigenvalue weighted by Gasteiger charge is -2.52. The highest BCUT2D eigenvalue weighted by Gasteiger charge is 2.52. The van der Waals surface area contributed by atoms with Gasteiger partial charge in [-0.2, -0.15) is 0 Å². The molecule has 0 aromatic heterocycles. The Bertz CT molecular complexity index is 598. The van der Waals surface area contributed by atoms with Gasteiger partial charge >= 0.3 is 0 Å². The molecule has 2 aliphatic heterocycles. The standard InChI is InChI=1S/C18H25FN2O3/c1-17(21-15(22)12-13-3-2-4-14(19)11-13)7-10-24-18(16(17)23)5-8-20-9-6-18/h2-4,11,16,20,23H,5-10,12H2,1H3,(H,21,22)/t16-,17+/m0/s1. The van der Waals surface area contributed by atoms with E-state index >= 15 is 0 Å². The van der Waals surface area contributed by atoms with Crippen LogP contribution in [0, 0.1) is 5.82 Å². The normalized spacial score (nSPS) is 29.4. The van der Waals surface area contributed by atoms with Gasteiger partial charge in [0, 0.05) is 6.61 Å². The summed E-state index contributed by atoms with van der Waals surface area (Å²) in [6.07, 6.45) is 1.33. The van der Waals surface area contributed by atoms with E-state index in [1.807, 2.05) is 6.92 Å². The fourth-order valence-corrected chi connectivity index (χ4v) is 3.86. The van der Waals surface area contributed by atoms with Crippen molar-refractivity contribution in [2.24, 2.45) is 0 Å². The second kappa shape index (κ2) is 6.78. The van der Waals surface area contributed by atoms with Crippen molar-refractivity contribution in [2.75, 3.05) is 19.7 Å². The molecule has 2 fully saturated rings. The monoisotopic (exact) mass is 336 g/mol. The molecule has 132 valence electrons. The van der Waals surface area contributed by atoms with Gasteiger partial charge in [-0.3, -0.25) is 4.79 Å². The molecule has 1 amide bonds. The predicted molar refractivity (Wildman–Crippen MR) is 88.1 cm³/mol. The number of amides is 1. The Morgan fingerprint density at radius 1 is 1.42 bits per heavy atom. The first-order valence-electron chi connectivity index (χ1n) is 8.52. The molecular formula is C18H25FN2O3. The Kier molecular flexibility index (Phi) is 4.90. The van der Waals surface area contributed by atoms with E-state index in [1.54, 1.807) is 12.1 Å². The van der Waals surface area contributed by atoms with Gasteiger partial charge < -0.3 is 20.5 Å². The fourth-order valence-electron chi connectivity index (χ4n) is 3.86. The molecule has 0 unspecified atom stereocenters. The van der Waals surface area contributed by atoms with E-state index in [0.717, 1.165) is 25.9 Å². The number of rotatable bonds is 3. The number of aliphatic hydroxyl groups is 1. The molecular weight excluding hydrogens is 311 g/mol. The zero-order valence-electron chi connectivity index (χ0n) is 14.0. The largest absolute Gasteiger partial charge is 0.388 e. The number of hydrogen-bond donors (Lipinski definition) is 3. The van der Waals surface area contributed by atoms with E-state index < -0.39 is 17.2 Å². The second-order valence-electron chi connectivity index (χ2n) is 7.09. The van der Waals surface area contributed by atoms with Gasteiger partial charge in [-0.1, -0.05) is 12.1 Å². The third-order valence-corrected chi connectivity index (χ3v) is 5.24. The maximum atomic E-state index is 13.3. The van der Waals surface area contributed by atoms with E-state index in [9.17, 15) is 14.3 Å².